The summed E-state index contributed by atoms with van der Waals surface area (Å²) in [6.45, 7) is 6.07. The van der Waals surface area contributed by atoms with Gasteiger partial charge in [0, 0.05) is 12.5 Å². The van der Waals surface area contributed by atoms with Gasteiger partial charge in [-0.05, 0) is 43.0 Å². The highest BCUT2D eigenvalue weighted by Gasteiger charge is 2.16. The fourth-order valence-corrected chi connectivity index (χ4v) is 2.58. The van der Waals surface area contributed by atoms with E-state index in [1.165, 1.54) is 11.1 Å². The minimum atomic E-state index is -0.406. The van der Waals surface area contributed by atoms with Gasteiger partial charge in [-0.3, -0.25) is 0 Å². The lowest BCUT2D eigenvalue weighted by atomic mass is 10.1. The van der Waals surface area contributed by atoms with Crippen molar-refractivity contribution in [3.05, 3.63) is 90.0 Å². The molecule has 0 amide bonds. The van der Waals surface area contributed by atoms with Crippen molar-refractivity contribution in [3.63, 3.8) is 0 Å². The Hall–Kier alpha value is -3.11. The summed E-state index contributed by atoms with van der Waals surface area (Å²) in [5.74, 6) is -0.112. The van der Waals surface area contributed by atoms with Gasteiger partial charge in [0.05, 0.1) is 6.61 Å². The number of esters is 1. The van der Waals surface area contributed by atoms with E-state index in [-0.39, 0.29) is 6.29 Å². The highest BCUT2D eigenvalue weighted by molar-refractivity contribution is 5.81. The number of allylic oxidation sites excluding steroid dienone is 2. The fourth-order valence-electron chi connectivity index (χ4n) is 2.58. The van der Waals surface area contributed by atoms with Gasteiger partial charge in [0.2, 0.25) is 6.29 Å². The molecule has 0 spiro atoms. The number of ether oxygens (including phenoxy) is 2. The molecule has 1 heterocycles. The summed E-state index contributed by atoms with van der Waals surface area (Å²) in [4.78, 5) is 10.7. The molecule has 2 aromatic carbocycles. The quantitative estimate of drug-likeness (QED) is 0.405. The molecule has 1 unspecified atom stereocenters. The Kier molecular flexibility index (Phi) is 9.46. The second-order valence-electron chi connectivity index (χ2n) is 6.66. The molecule has 3 rings (SSSR count). The Balaban J connectivity index is 0.000000234. The van der Waals surface area contributed by atoms with Crippen molar-refractivity contribution < 1.29 is 19.4 Å². The van der Waals surface area contributed by atoms with Crippen LogP contribution in [0.2, 0.25) is 0 Å². The minimum absolute atomic E-state index is 0.294. The number of phenolic OH excluding ortho intramolecular Hbond substituents is 1. The van der Waals surface area contributed by atoms with Gasteiger partial charge in [0.25, 0.3) is 0 Å². The van der Waals surface area contributed by atoms with Crippen molar-refractivity contribution in [3.8, 4) is 5.75 Å². The first kappa shape index (κ1) is 22.2. The summed E-state index contributed by atoms with van der Waals surface area (Å²) in [5, 5.41) is 9.16. The lowest BCUT2D eigenvalue weighted by Crippen LogP contribution is -2.24. The highest BCUT2D eigenvalue weighted by Crippen LogP contribution is 2.13. The Morgan fingerprint density at radius 3 is 2.14 bits per heavy atom. The molecule has 29 heavy (non-hydrogen) atoms. The molecule has 1 saturated heterocycles. The lowest BCUT2D eigenvalue weighted by molar-refractivity contribution is -0.181. The molecule has 1 N–H and O–H groups in total. The second-order valence-corrected chi connectivity index (χ2v) is 6.66. The maximum absolute atomic E-state index is 10.7. The molecule has 4 heteroatoms. The molecule has 4 nitrogen and oxygen atoms in total. The maximum atomic E-state index is 10.7. The Morgan fingerprint density at radius 1 is 1.03 bits per heavy atom. The molecular weight excluding hydrogens is 364 g/mol. The largest absolute Gasteiger partial charge is 0.508 e. The van der Waals surface area contributed by atoms with Gasteiger partial charge in [-0.1, -0.05) is 72.8 Å². The van der Waals surface area contributed by atoms with E-state index >= 15 is 0 Å². The van der Waals surface area contributed by atoms with Crippen LogP contribution >= 0.6 is 0 Å². The molecule has 1 aliphatic heterocycles. The van der Waals surface area contributed by atoms with Crippen molar-refractivity contribution in [2.45, 2.75) is 32.5 Å². The van der Waals surface area contributed by atoms with Crippen LogP contribution in [0.25, 0.3) is 12.2 Å². The summed E-state index contributed by atoms with van der Waals surface area (Å²) < 4.78 is 10.0. The van der Waals surface area contributed by atoms with Crippen molar-refractivity contribution in [2.75, 3.05) is 6.61 Å². The Labute approximate surface area is 172 Å². The number of hydrogen-bond acceptors (Lipinski definition) is 4. The number of benzene rings is 2. The molecule has 1 atom stereocenters. The third kappa shape index (κ3) is 9.08. The first-order chi connectivity index (χ1) is 14.1. The fraction of sp³-hybridized carbons (Fsp3) is 0.240. The zero-order chi connectivity index (χ0) is 20.9. The predicted molar refractivity (Wildman–Crippen MR) is 117 cm³/mol. The smallest absolute Gasteiger partial charge is 0.332 e. The van der Waals surface area contributed by atoms with Crippen molar-refractivity contribution in [1.82, 2.24) is 0 Å². The number of phenols is 1. The Bertz CT molecular complexity index is 757. The third-order valence-corrected chi connectivity index (χ3v) is 4.21. The number of carbonyl (C=O) groups excluding carboxylic acids is 1. The van der Waals surface area contributed by atoms with Crippen LogP contribution in [0.4, 0.5) is 0 Å². The van der Waals surface area contributed by atoms with Crippen molar-refractivity contribution in [1.29, 1.82) is 0 Å². The summed E-state index contributed by atoms with van der Waals surface area (Å²) >= 11 is 0. The number of aromatic hydroxyl groups is 1. The highest BCUT2D eigenvalue weighted by atomic mass is 16.7. The number of rotatable bonds is 5. The Morgan fingerprint density at radius 2 is 1.62 bits per heavy atom. The average Bonchev–Trinajstić information content (AvgIpc) is 2.75. The molecule has 0 radical (unpaired) electrons. The van der Waals surface area contributed by atoms with Crippen molar-refractivity contribution in [2.24, 2.45) is 0 Å². The SMILES string of the molecule is C=CC(=O)OC1CCCCO1.Cc1ccc(C=CC=Cc2ccc(O)cc2)cc1. The van der Waals surface area contributed by atoms with E-state index in [1.807, 2.05) is 30.4 Å². The number of hydrogen-bond donors (Lipinski definition) is 1. The summed E-state index contributed by atoms with van der Waals surface area (Å²) in [5.41, 5.74) is 3.53. The van der Waals surface area contributed by atoms with Gasteiger partial charge in [-0.25, -0.2) is 4.79 Å². The molecule has 152 valence electrons. The van der Waals surface area contributed by atoms with E-state index in [0.717, 1.165) is 30.9 Å². The van der Waals surface area contributed by atoms with Gasteiger partial charge in [-0.2, -0.15) is 0 Å². The monoisotopic (exact) mass is 392 g/mol. The first-order valence-corrected chi connectivity index (χ1v) is 9.72. The molecule has 2 aromatic rings. The summed E-state index contributed by atoms with van der Waals surface area (Å²) in [6.07, 6.45) is 11.8. The van der Waals surface area contributed by atoms with E-state index in [4.69, 9.17) is 14.6 Å². The number of carbonyl (C=O) groups is 1. The van der Waals surface area contributed by atoms with Crippen LogP contribution in [0.3, 0.4) is 0 Å². The average molecular weight is 392 g/mol. The van der Waals surface area contributed by atoms with Crippen LogP contribution in [-0.2, 0) is 14.3 Å². The molecule has 0 aromatic heterocycles. The topological polar surface area (TPSA) is 55.8 Å². The molecule has 0 saturated carbocycles. The van der Waals surface area contributed by atoms with E-state index < -0.39 is 5.97 Å². The zero-order valence-corrected chi connectivity index (χ0v) is 16.8. The normalized spacial score (nSPS) is 16.2. The van der Waals surface area contributed by atoms with Crippen LogP contribution in [0.15, 0.2) is 73.3 Å². The maximum Gasteiger partial charge on any atom is 0.332 e. The third-order valence-electron chi connectivity index (χ3n) is 4.21. The molecule has 1 fully saturated rings. The van der Waals surface area contributed by atoms with E-state index in [2.05, 4.69) is 43.8 Å². The second kappa shape index (κ2) is 12.4. The van der Waals surface area contributed by atoms with Gasteiger partial charge in [0.15, 0.2) is 0 Å². The molecular formula is C25H28O4. The van der Waals surface area contributed by atoms with E-state index in [9.17, 15) is 4.79 Å². The zero-order valence-electron chi connectivity index (χ0n) is 16.8. The number of aryl methyl sites for hydroxylation is 1. The van der Waals surface area contributed by atoms with Crippen LogP contribution in [0, 0.1) is 6.92 Å². The van der Waals surface area contributed by atoms with Crippen LogP contribution in [0.5, 0.6) is 5.75 Å². The van der Waals surface area contributed by atoms with Gasteiger partial charge in [0.1, 0.15) is 5.75 Å². The van der Waals surface area contributed by atoms with Crippen LogP contribution in [0.1, 0.15) is 36.0 Å². The van der Waals surface area contributed by atoms with Crippen molar-refractivity contribution >= 4 is 18.1 Å². The predicted octanol–water partition coefficient (Wildman–Crippen LogP) is 5.67. The van der Waals surface area contributed by atoms with E-state index in [1.54, 1.807) is 12.1 Å². The lowest BCUT2D eigenvalue weighted by Gasteiger charge is -2.21. The van der Waals surface area contributed by atoms with Gasteiger partial charge < -0.3 is 14.6 Å². The summed E-state index contributed by atoms with van der Waals surface area (Å²) in [7, 11) is 0. The molecule has 0 bridgehead atoms. The van der Waals surface area contributed by atoms with Crippen LogP contribution in [-0.4, -0.2) is 24.0 Å². The first-order valence-electron chi connectivity index (χ1n) is 9.72. The van der Waals surface area contributed by atoms with E-state index in [0.29, 0.717) is 12.4 Å². The molecule has 1 aliphatic rings. The van der Waals surface area contributed by atoms with Crippen LogP contribution < -0.4 is 0 Å². The molecule has 0 aliphatic carbocycles. The van der Waals surface area contributed by atoms with Gasteiger partial charge >= 0.3 is 5.97 Å². The standard InChI is InChI=1S/C17H16O.C8H12O3/c1-14-6-8-15(9-7-14)4-2-3-5-16-10-12-17(18)13-11-16;1-2-7(9)11-8-5-3-4-6-10-8/h2-13,18H,1H3;2,8H,1,3-6H2. The minimum Gasteiger partial charge on any atom is -0.508 e. The summed E-state index contributed by atoms with van der Waals surface area (Å²) in [6, 6.07) is 15.5. The van der Waals surface area contributed by atoms with Gasteiger partial charge in [-0.15, -0.1) is 0 Å².